The maximum Gasteiger partial charge on any atom is 0.233 e. The van der Waals surface area contributed by atoms with E-state index in [1.807, 2.05) is 62.4 Å². The number of nitrogens with zero attached hydrogens (tertiary/aromatic N) is 2. The van der Waals surface area contributed by atoms with E-state index in [0.717, 1.165) is 33.1 Å². The maximum absolute atomic E-state index is 12.5. The minimum Gasteiger partial charge on any atom is -0.496 e. The zero-order valence-electron chi connectivity index (χ0n) is 15.0. The highest BCUT2D eigenvalue weighted by Gasteiger charge is 2.17. The fraction of sp³-hybridized carbons (Fsp3) is 0.250. The van der Waals surface area contributed by atoms with Crippen molar-refractivity contribution in [1.29, 1.82) is 0 Å². The molecule has 0 fully saturated rings. The lowest BCUT2D eigenvalue weighted by Crippen LogP contribution is -2.30. The molecule has 26 heavy (non-hydrogen) atoms. The lowest BCUT2D eigenvalue weighted by Gasteiger charge is -2.14. The van der Waals surface area contributed by atoms with E-state index in [0.29, 0.717) is 6.54 Å². The zero-order chi connectivity index (χ0) is 18.5. The fourth-order valence-corrected chi connectivity index (χ4v) is 3.47. The third kappa shape index (κ3) is 4.14. The third-order valence-electron chi connectivity index (χ3n) is 4.00. The molecule has 0 saturated heterocycles. The number of rotatable bonds is 6. The molecule has 0 radical (unpaired) electrons. The van der Waals surface area contributed by atoms with Gasteiger partial charge in [-0.05, 0) is 32.0 Å². The second-order valence-corrected chi connectivity index (χ2v) is 7.22. The molecule has 1 unspecified atom stereocenters. The van der Waals surface area contributed by atoms with Crippen LogP contribution in [-0.4, -0.2) is 28.2 Å². The van der Waals surface area contributed by atoms with Crippen LogP contribution in [0, 0.1) is 6.92 Å². The summed E-state index contributed by atoms with van der Waals surface area (Å²) in [6.07, 6.45) is 0. The molecule has 1 N–H and O–H groups in total. The van der Waals surface area contributed by atoms with Gasteiger partial charge in [-0.1, -0.05) is 42.1 Å². The molecule has 5 nitrogen and oxygen atoms in total. The van der Waals surface area contributed by atoms with Crippen LogP contribution in [0.25, 0.3) is 11.0 Å². The average molecular weight is 367 g/mol. The molecule has 1 heterocycles. The molecule has 0 saturated carbocycles. The Morgan fingerprint density at radius 1 is 1.12 bits per heavy atom. The largest absolute Gasteiger partial charge is 0.496 e. The number of ether oxygens (including phenoxy) is 1. The van der Waals surface area contributed by atoms with E-state index in [4.69, 9.17) is 4.74 Å². The van der Waals surface area contributed by atoms with E-state index < -0.39 is 0 Å². The standard InChI is InChI=1S/C20H21N3O2S/c1-13-20(23-17-10-6-5-9-16(17)22-13)26-14(2)19(24)21-12-15-8-4-7-11-18(15)25-3/h4-11,14H,12H2,1-3H3,(H,21,24). The second-order valence-electron chi connectivity index (χ2n) is 5.89. The minimum atomic E-state index is -0.279. The molecule has 3 aromatic rings. The lowest BCUT2D eigenvalue weighted by atomic mass is 10.2. The summed E-state index contributed by atoms with van der Waals surface area (Å²) in [7, 11) is 1.63. The Balaban J connectivity index is 1.66. The zero-order valence-corrected chi connectivity index (χ0v) is 15.8. The molecular weight excluding hydrogens is 346 g/mol. The predicted molar refractivity (Wildman–Crippen MR) is 104 cm³/mol. The Morgan fingerprint density at radius 3 is 2.50 bits per heavy atom. The number of aryl methyl sites for hydroxylation is 1. The molecule has 3 rings (SSSR count). The number of para-hydroxylation sites is 3. The Kier molecular flexibility index (Phi) is 5.73. The van der Waals surface area contributed by atoms with Crippen molar-refractivity contribution in [1.82, 2.24) is 15.3 Å². The van der Waals surface area contributed by atoms with Crippen molar-refractivity contribution in [2.45, 2.75) is 30.7 Å². The van der Waals surface area contributed by atoms with Crippen molar-refractivity contribution in [2.75, 3.05) is 7.11 Å². The first kappa shape index (κ1) is 18.2. The van der Waals surface area contributed by atoms with Gasteiger partial charge in [-0.15, -0.1) is 0 Å². The van der Waals surface area contributed by atoms with Crippen LogP contribution >= 0.6 is 11.8 Å². The molecule has 2 aromatic carbocycles. The number of fused-ring (bicyclic) bond motifs is 1. The summed E-state index contributed by atoms with van der Waals surface area (Å²) in [6.45, 7) is 4.22. The summed E-state index contributed by atoms with van der Waals surface area (Å²) < 4.78 is 5.32. The van der Waals surface area contributed by atoms with Crippen LogP contribution < -0.4 is 10.1 Å². The molecule has 0 bridgehead atoms. The molecule has 1 aromatic heterocycles. The first-order valence-corrected chi connectivity index (χ1v) is 9.26. The highest BCUT2D eigenvalue weighted by atomic mass is 32.2. The van der Waals surface area contributed by atoms with Crippen LogP contribution in [0.4, 0.5) is 0 Å². The van der Waals surface area contributed by atoms with Crippen molar-refractivity contribution >= 4 is 28.7 Å². The van der Waals surface area contributed by atoms with Crippen LogP contribution in [-0.2, 0) is 11.3 Å². The predicted octanol–water partition coefficient (Wildman–Crippen LogP) is 3.74. The van der Waals surface area contributed by atoms with Gasteiger partial charge in [0, 0.05) is 12.1 Å². The summed E-state index contributed by atoms with van der Waals surface area (Å²) in [6, 6.07) is 15.4. The first-order chi connectivity index (χ1) is 12.6. The normalized spacial score (nSPS) is 12.0. The van der Waals surface area contributed by atoms with Crippen LogP contribution in [0.5, 0.6) is 5.75 Å². The number of carbonyl (C=O) groups is 1. The van der Waals surface area contributed by atoms with Gasteiger partial charge in [0.15, 0.2) is 0 Å². The van der Waals surface area contributed by atoms with E-state index >= 15 is 0 Å². The van der Waals surface area contributed by atoms with Gasteiger partial charge in [-0.3, -0.25) is 4.79 Å². The van der Waals surface area contributed by atoms with Crippen LogP contribution in [0.2, 0.25) is 0 Å². The topological polar surface area (TPSA) is 64.1 Å². The number of aromatic nitrogens is 2. The smallest absolute Gasteiger partial charge is 0.233 e. The summed E-state index contributed by atoms with van der Waals surface area (Å²) in [4.78, 5) is 21.7. The first-order valence-electron chi connectivity index (χ1n) is 8.38. The number of thioether (sulfide) groups is 1. The highest BCUT2D eigenvalue weighted by Crippen LogP contribution is 2.26. The number of methoxy groups -OCH3 is 1. The summed E-state index contributed by atoms with van der Waals surface area (Å²) in [5.74, 6) is 0.722. The number of nitrogens with one attached hydrogen (secondary N) is 1. The van der Waals surface area contributed by atoms with Gasteiger partial charge in [0.2, 0.25) is 5.91 Å². The van der Waals surface area contributed by atoms with Gasteiger partial charge in [-0.2, -0.15) is 0 Å². The molecule has 0 spiro atoms. The highest BCUT2D eigenvalue weighted by molar-refractivity contribution is 8.00. The number of benzene rings is 2. The van der Waals surface area contributed by atoms with Crippen molar-refractivity contribution in [3.05, 3.63) is 59.8 Å². The molecule has 0 aliphatic rings. The van der Waals surface area contributed by atoms with Gasteiger partial charge in [-0.25, -0.2) is 9.97 Å². The molecule has 1 atom stereocenters. The van der Waals surface area contributed by atoms with Gasteiger partial charge >= 0.3 is 0 Å². The lowest BCUT2D eigenvalue weighted by molar-refractivity contribution is -0.120. The Morgan fingerprint density at radius 2 is 1.77 bits per heavy atom. The van der Waals surface area contributed by atoms with Crippen LogP contribution in [0.1, 0.15) is 18.2 Å². The summed E-state index contributed by atoms with van der Waals surface area (Å²) in [5, 5.41) is 3.46. The molecule has 6 heteroatoms. The minimum absolute atomic E-state index is 0.0461. The van der Waals surface area contributed by atoms with E-state index in [1.165, 1.54) is 11.8 Å². The van der Waals surface area contributed by atoms with E-state index in [2.05, 4.69) is 15.3 Å². The van der Waals surface area contributed by atoms with Gasteiger partial charge in [0.05, 0.1) is 29.1 Å². The van der Waals surface area contributed by atoms with Crippen molar-refractivity contribution in [2.24, 2.45) is 0 Å². The second kappa shape index (κ2) is 8.19. The molecule has 1 amide bonds. The Bertz CT molecular complexity index is 930. The number of hydrogen-bond donors (Lipinski definition) is 1. The molecule has 0 aliphatic carbocycles. The summed E-state index contributed by atoms with van der Waals surface area (Å²) >= 11 is 1.42. The monoisotopic (exact) mass is 367 g/mol. The Labute approximate surface area is 157 Å². The molecular formula is C20H21N3O2S. The molecule has 0 aliphatic heterocycles. The van der Waals surface area contributed by atoms with Crippen molar-refractivity contribution in [3.8, 4) is 5.75 Å². The van der Waals surface area contributed by atoms with Gasteiger partial charge in [0.25, 0.3) is 0 Å². The third-order valence-corrected chi connectivity index (χ3v) is 5.18. The van der Waals surface area contributed by atoms with Crippen molar-refractivity contribution < 1.29 is 9.53 Å². The fourth-order valence-electron chi connectivity index (χ4n) is 2.58. The quantitative estimate of drug-likeness (QED) is 0.672. The van der Waals surface area contributed by atoms with Crippen LogP contribution in [0.15, 0.2) is 53.6 Å². The molecule has 134 valence electrons. The average Bonchev–Trinajstić information content (AvgIpc) is 2.66. The number of carbonyl (C=O) groups excluding carboxylic acids is 1. The SMILES string of the molecule is COc1ccccc1CNC(=O)C(C)Sc1nc2ccccc2nc1C. The maximum atomic E-state index is 12.5. The Hall–Kier alpha value is -2.60. The summed E-state index contributed by atoms with van der Waals surface area (Å²) in [5.41, 5.74) is 3.48. The van der Waals surface area contributed by atoms with Gasteiger partial charge in [0.1, 0.15) is 10.8 Å². The van der Waals surface area contributed by atoms with E-state index in [1.54, 1.807) is 7.11 Å². The van der Waals surface area contributed by atoms with Crippen LogP contribution in [0.3, 0.4) is 0 Å². The van der Waals surface area contributed by atoms with Crippen molar-refractivity contribution in [3.63, 3.8) is 0 Å². The van der Waals surface area contributed by atoms with E-state index in [-0.39, 0.29) is 11.2 Å². The van der Waals surface area contributed by atoms with Gasteiger partial charge < -0.3 is 10.1 Å². The van der Waals surface area contributed by atoms with E-state index in [9.17, 15) is 4.79 Å². The number of hydrogen-bond acceptors (Lipinski definition) is 5. The number of amides is 1.